The van der Waals surface area contributed by atoms with Gasteiger partial charge >= 0.3 is 0 Å². The summed E-state index contributed by atoms with van der Waals surface area (Å²) < 4.78 is 0. The number of thiophene rings is 1. The van der Waals surface area contributed by atoms with E-state index in [1.54, 1.807) is 11.3 Å². The third-order valence-electron chi connectivity index (χ3n) is 5.18. The number of hydrogen-bond donors (Lipinski definition) is 1. The van der Waals surface area contributed by atoms with Gasteiger partial charge in [-0.15, -0.1) is 11.3 Å². The summed E-state index contributed by atoms with van der Waals surface area (Å²) in [6.45, 7) is 5.57. The van der Waals surface area contributed by atoms with Crippen molar-refractivity contribution in [3.63, 3.8) is 0 Å². The second-order valence-electron chi connectivity index (χ2n) is 6.66. The molecular weight excluding hydrogens is 282 g/mol. The van der Waals surface area contributed by atoms with Gasteiger partial charge in [0.25, 0.3) is 5.91 Å². The Morgan fingerprint density at radius 2 is 2.29 bits per heavy atom. The predicted octanol–water partition coefficient (Wildman–Crippen LogP) is 3.11. The first kappa shape index (κ1) is 15.0. The number of rotatable bonds is 2. The van der Waals surface area contributed by atoms with Crippen molar-refractivity contribution >= 4 is 17.2 Å². The number of β-amino-alcohol motifs (C(OH)–C–C–N with tert-alkyl or cyclic N) is 1. The molecule has 0 bridgehead atoms. The van der Waals surface area contributed by atoms with Gasteiger partial charge in [0.05, 0.1) is 11.0 Å². The van der Waals surface area contributed by atoms with E-state index in [0.29, 0.717) is 12.5 Å². The lowest BCUT2D eigenvalue weighted by molar-refractivity contribution is 0.0251. The molecule has 1 N–H and O–H groups in total. The van der Waals surface area contributed by atoms with Gasteiger partial charge in [0, 0.05) is 18.0 Å². The second-order valence-corrected chi connectivity index (χ2v) is 7.80. The zero-order valence-corrected chi connectivity index (χ0v) is 13.8. The molecule has 0 radical (unpaired) electrons. The number of hydrogen-bond acceptors (Lipinski definition) is 3. The minimum absolute atomic E-state index is 0.119. The van der Waals surface area contributed by atoms with Crippen molar-refractivity contribution < 1.29 is 9.90 Å². The van der Waals surface area contributed by atoms with Crippen LogP contribution in [0.4, 0.5) is 0 Å². The van der Waals surface area contributed by atoms with Crippen molar-refractivity contribution in [1.29, 1.82) is 0 Å². The fourth-order valence-electron chi connectivity index (χ4n) is 3.44. The minimum atomic E-state index is -0.373. The number of carbonyl (C=O) groups is 1. The van der Waals surface area contributed by atoms with Crippen LogP contribution in [-0.4, -0.2) is 35.1 Å². The minimum Gasteiger partial charge on any atom is -0.391 e. The lowest BCUT2D eigenvalue weighted by Gasteiger charge is -2.34. The summed E-state index contributed by atoms with van der Waals surface area (Å²) in [6.07, 6.45) is 5.28. The molecule has 1 fully saturated rings. The first-order chi connectivity index (χ1) is 10.1. The van der Waals surface area contributed by atoms with Gasteiger partial charge in [-0.2, -0.15) is 0 Å². The number of aliphatic hydroxyl groups is 1. The van der Waals surface area contributed by atoms with Crippen molar-refractivity contribution in [3.8, 4) is 0 Å². The number of carbonyl (C=O) groups excluding carboxylic acids is 1. The molecule has 1 saturated heterocycles. The molecule has 21 heavy (non-hydrogen) atoms. The van der Waals surface area contributed by atoms with Crippen LogP contribution < -0.4 is 0 Å². The van der Waals surface area contributed by atoms with Gasteiger partial charge in [-0.3, -0.25) is 4.79 Å². The third kappa shape index (κ3) is 3.02. The zero-order chi connectivity index (χ0) is 15.0. The highest BCUT2D eigenvalue weighted by Crippen LogP contribution is 2.34. The Bertz CT molecular complexity index is 525. The molecule has 2 aliphatic rings. The Balaban J connectivity index is 1.73. The van der Waals surface area contributed by atoms with Crippen molar-refractivity contribution in [2.45, 2.75) is 52.1 Å². The largest absolute Gasteiger partial charge is 0.391 e. The van der Waals surface area contributed by atoms with Crippen molar-refractivity contribution in [2.75, 3.05) is 13.1 Å². The van der Waals surface area contributed by atoms with E-state index in [4.69, 9.17) is 0 Å². The molecule has 0 spiro atoms. The number of fused-ring (bicyclic) bond motifs is 1. The standard InChI is InChI=1S/C17H25NO2S/c1-3-12-4-5-15-13(8-12)9-16(21-15)17(20)18-7-6-11(2)14(19)10-18/h9,11-12,14,19H,3-8,10H2,1-2H3. The first-order valence-electron chi connectivity index (χ1n) is 8.17. The Morgan fingerprint density at radius 1 is 1.48 bits per heavy atom. The van der Waals surface area contributed by atoms with E-state index in [1.807, 2.05) is 4.90 Å². The monoisotopic (exact) mass is 307 g/mol. The number of piperidine rings is 1. The average Bonchev–Trinajstić information content (AvgIpc) is 2.92. The SMILES string of the molecule is CCC1CCc2sc(C(=O)N3CCC(C)C(O)C3)cc2C1. The van der Waals surface area contributed by atoms with Crippen LogP contribution in [0, 0.1) is 11.8 Å². The van der Waals surface area contributed by atoms with E-state index in [-0.39, 0.29) is 12.0 Å². The van der Waals surface area contributed by atoms with Crippen molar-refractivity contribution in [1.82, 2.24) is 4.90 Å². The molecule has 1 aliphatic carbocycles. The maximum Gasteiger partial charge on any atom is 0.264 e. The van der Waals surface area contributed by atoms with E-state index >= 15 is 0 Å². The molecule has 1 amide bonds. The molecule has 3 unspecified atom stereocenters. The van der Waals surface area contributed by atoms with Crippen molar-refractivity contribution in [2.24, 2.45) is 11.8 Å². The Labute approximate surface area is 131 Å². The van der Waals surface area contributed by atoms with Gasteiger partial charge in [-0.05, 0) is 49.1 Å². The van der Waals surface area contributed by atoms with Gasteiger partial charge in [0.2, 0.25) is 0 Å². The predicted molar refractivity (Wildman–Crippen MR) is 85.8 cm³/mol. The summed E-state index contributed by atoms with van der Waals surface area (Å²) in [5.74, 6) is 1.21. The van der Waals surface area contributed by atoms with Crippen LogP contribution in [0.1, 0.15) is 53.2 Å². The summed E-state index contributed by atoms with van der Waals surface area (Å²) in [6, 6.07) is 2.12. The van der Waals surface area contributed by atoms with Crippen LogP contribution in [0.2, 0.25) is 0 Å². The molecule has 0 saturated carbocycles. The second kappa shape index (κ2) is 6.09. The Morgan fingerprint density at radius 3 is 3.00 bits per heavy atom. The molecule has 1 aromatic heterocycles. The maximum absolute atomic E-state index is 12.6. The number of amides is 1. The molecule has 3 atom stereocenters. The summed E-state index contributed by atoms with van der Waals surface area (Å²) in [4.78, 5) is 16.8. The average molecular weight is 307 g/mol. The summed E-state index contributed by atoms with van der Waals surface area (Å²) in [7, 11) is 0. The number of nitrogens with zero attached hydrogens (tertiary/aromatic N) is 1. The zero-order valence-electron chi connectivity index (χ0n) is 13.0. The molecule has 0 aromatic carbocycles. The van der Waals surface area contributed by atoms with Crippen LogP contribution in [0.15, 0.2) is 6.07 Å². The summed E-state index contributed by atoms with van der Waals surface area (Å²) in [5, 5.41) is 9.98. The van der Waals surface area contributed by atoms with E-state index in [1.165, 1.54) is 23.3 Å². The normalized spacial score (nSPS) is 29.3. The quantitative estimate of drug-likeness (QED) is 0.912. The Kier molecular flexibility index (Phi) is 4.36. The molecule has 1 aromatic rings. The van der Waals surface area contributed by atoms with Crippen LogP contribution >= 0.6 is 11.3 Å². The van der Waals surface area contributed by atoms with Gasteiger partial charge in [0.15, 0.2) is 0 Å². The highest BCUT2D eigenvalue weighted by atomic mass is 32.1. The maximum atomic E-state index is 12.6. The number of aliphatic hydroxyl groups excluding tert-OH is 1. The van der Waals surface area contributed by atoms with Gasteiger partial charge < -0.3 is 10.0 Å². The number of likely N-dealkylation sites (tertiary alicyclic amines) is 1. The van der Waals surface area contributed by atoms with E-state index < -0.39 is 0 Å². The highest BCUT2D eigenvalue weighted by Gasteiger charge is 2.30. The topological polar surface area (TPSA) is 40.5 Å². The van der Waals surface area contributed by atoms with Gasteiger partial charge in [-0.1, -0.05) is 20.3 Å². The fourth-order valence-corrected chi connectivity index (χ4v) is 4.62. The van der Waals surface area contributed by atoms with Gasteiger partial charge in [-0.25, -0.2) is 0 Å². The lowest BCUT2D eigenvalue weighted by Crippen LogP contribution is -2.45. The molecule has 1 aliphatic heterocycles. The highest BCUT2D eigenvalue weighted by molar-refractivity contribution is 7.14. The third-order valence-corrected chi connectivity index (χ3v) is 6.40. The van der Waals surface area contributed by atoms with E-state index in [9.17, 15) is 9.90 Å². The smallest absolute Gasteiger partial charge is 0.264 e. The number of aryl methyl sites for hydroxylation is 1. The molecular formula is C17H25NO2S. The van der Waals surface area contributed by atoms with Crippen LogP contribution in [-0.2, 0) is 12.8 Å². The summed E-state index contributed by atoms with van der Waals surface area (Å²) >= 11 is 1.68. The Hall–Kier alpha value is -0.870. The molecule has 3 rings (SSSR count). The molecule has 2 heterocycles. The summed E-state index contributed by atoms with van der Waals surface area (Å²) in [5.41, 5.74) is 1.40. The van der Waals surface area contributed by atoms with E-state index in [2.05, 4.69) is 19.9 Å². The van der Waals surface area contributed by atoms with Crippen LogP contribution in [0.25, 0.3) is 0 Å². The van der Waals surface area contributed by atoms with Crippen LogP contribution in [0.5, 0.6) is 0 Å². The molecule has 3 nitrogen and oxygen atoms in total. The lowest BCUT2D eigenvalue weighted by atomic mass is 9.87. The van der Waals surface area contributed by atoms with Gasteiger partial charge in [0.1, 0.15) is 0 Å². The van der Waals surface area contributed by atoms with E-state index in [0.717, 1.165) is 36.6 Å². The molecule has 116 valence electrons. The first-order valence-corrected chi connectivity index (χ1v) is 8.99. The van der Waals surface area contributed by atoms with Crippen LogP contribution in [0.3, 0.4) is 0 Å². The van der Waals surface area contributed by atoms with Crippen molar-refractivity contribution in [3.05, 3.63) is 21.4 Å². The fraction of sp³-hybridized carbons (Fsp3) is 0.706. The molecule has 4 heteroatoms.